The number of allylic oxidation sites excluding steroid dienone is 2. The number of ether oxygens (including phenoxy) is 2. The van der Waals surface area contributed by atoms with Crippen LogP contribution in [0.15, 0.2) is 70.3 Å². The summed E-state index contributed by atoms with van der Waals surface area (Å²) in [6.07, 6.45) is 3.05. The van der Waals surface area contributed by atoms with Crippen LogP contribution in [0.2, 0.25) is 0 Å². The van der Waals surface area contributed by atoms with E-state index in [4.69, 9.17) is 21.1 Å². The van der Waals surface area contributed by atoms with Gasteiger partial charge in [-0.3, -0.25) is 10.1 Å². The van der Waals surface area contributed by atoms with Gasteiger partial charge in [0.05, 0.1) is 12.0 Å². The van der Waals surface area contributed by atoms with Crippen molar-refractivity contribution in [3.8, 4) is 5.75 Å². The van der Waals surface area contributed by atoms with Crippen LogP contribution in [0, 0.1) is 10.1 Å². The van der Waals surface area contributed by atoms with Crippen LogP contribution in [0.3, 0.4) is 0 Å². The van der Waals surface area contributed by atoms with E-state index in [2.05, 4.69) is 4.99 Å². The maximum atomic E-state index is 12.0. The molecule has 0 atom stereocenters. The number of hydrogen-bond donors (Lipinski definition) is 0. The number of nitro groups is 1. The molecule has 0 amide bonds. The summed E-state index contributed by atoms with van der Waals surface area (Å²) in [5, 5.41) is 11.4. The van der Waals surface area contributed by atoms with E-state index in [9.17, 15) is 14.9 Å². The standard InChI is InChI=1S/C19H13ClN2O5/c1-26-17-8-7-13(10-16(17)22(24)25)18-21-15(19(23)27-18)11-14(20)9-12-5-3-2-4-6-12/h2-11H,1H3/b14-9-,15-11-. The molecule has 0 bridgehead atoms. The first-order valence-electron chi connectivity index (χ1n) is 7.75. The number of halogens is 1. The zero-order valence-corrected chi connectivity index (χ0v) is 14.8. The number of hydrogen-bond acceptors (Lipinski definition) is 6. The normalized spacial score (nSPS) is 15.5. The molecule has 136 valence electrons. The van der Waals surface area contributed by atoms with Crippen LogP contribution in [0.5, 0.6) is 5.75 Å². The van der Waals surface area contributed by atoms with E-state index >= 15 is 0 Å². The number of benzene rings is 2. The number of aliphatic imine (C=N–C) groups is 1. The van der Waals surface area contributed by atoms with Crippen LogP contribution >= 0.6 is 11.6 Å². The summed E-state index contributed by atoms with van der Waals surface area (Å²) < 4.78 is 10.1. The minimum absolute atomic E-state index is 0.000604. The highest BCUT2D eigenvalue weighted by Gasteiger charge is 2.26. The van der Waals surface area contributed by atoms with Gasteiger partial charge in [0.25, 0.3) is 0 Å². The van der Waals surface area contributed by atoms with Crippen molar-refractivity contribution < 1.29 is 19.2 Å². The van der Waals surface area contributed by atoms with Crippen LogP contribution in [0.4, 0.5) is 5.69 Å². The second-order valence-electron chi connectivity index (χ2n) is 5.42. The first-order valence-corrected chi connectivity index (χ1v) is 8.13. The summed E-state index contributed by atoms with van der Waals surface area (Å²) in [6.45, 7) is 0. The predicted octanol–water partition coefficient (Wildman–Crippen LogP) is 4.07. The average Bonchev–Trinajstić information content (AvgIpc) is 3.02. The quantitative estimate of drug-likeness (QED) is 0.335. The highest BCUT2D eigenvalue weighted by Crippen LogP contribution is 2.29. The number of carbonyl (C=O) groups is 1. The Hall–Kier alpha value is -3.45. The van der Waals surface area contributed by atoms with Crippen molar-refractivity contribution in [2.75, 3.05) is 7.11 Å². The summed E-state index contributed by atoms with van der Waals surface area (Å²) in [7, 11) is 1.33. The molecule has 2 aromatic carbocycles. The molecule has 0 spiro atoms. The average molecular weight is 385 g/mol. The van der Waals surface area contributed by atoms with Crippen molar-refractivity contribution in [1.29, 1.82) is 0 Å². The molecule has 27 heavy (non-hydrogen) atoms. The highest BCUT2D eigenvalue weighted by molar-refractivity contribution is 6.33. The van der Waals surface area contributed by atoms with Crippen molar-refractivity contribution >= 4 is 35.2 Å². The molecule has 0 N–H and O–H groups in total. The Morgan fingerprint density at radius 2 is 2.00 bits per heavy atom. The van der Waals surface area contributed by atoms with Gasteiger partial charge in [-0.1, -0.05) is 41.9 Å². The van der Waals surface area contributed by atoms with E-state index in [0.717, 1.165) is 5.56 Å². The molecular weight excluding hydrogens is 372 g/mol. The van der Waals surface area contributed by atoms with Gasteiger partial charge < -0.3 is 9.47 Å². The zero-order chi connectivity index (χ0) is 19.4. The minimum atomic E-state index is -0.692. The summed E-state index contributed by atoms with van der Waals surface area (Å²) in [5.74, 6) is -0.637. The van der Waals surface area contributed by atoms with E-state index in [1.165, 1.54) is 31.4 Å². The second-order valence-corrected chi connectivity index (χ2v) is 5.86. The van der Waals surface area contributed by atoms with Crippen LogP contribution in [0.25, 0.3) is 6.08 Å². The molecule has 3 rings (SSSR count). The van der Waals surface area contributed by atoms with Crippen LogP contribution in [0.1, 0.15) is 11.1 Å². The molecule has 0 unspecified atom stereocenters. The number of rotatable bonds is 5. The van der Waals surface area contributed by atoms with Gasteiger partial charge in [-0.2, -0.15) is 0 Å². The Morgan fingerprint density at radius 1 is 1.26 bits per heavy atom. The molecule has 0 aromatic heterocycles. The number of nitrogens with zero attached hydrogens (tertiary/aromatic N) is 2. The summed E-state index contributed by atoms with van der Waals surface area (Å²) in [6, 6.07) is 13.5. The van der Waals surface area contributed by atoms with E-state index < -0.39 is 10.9 Å². The molecule has 0 aliphatic carbocycles. The van der Waals surface area contributed by atoms with Crippen molar-refractivity contribution in [3.05, 3.63) is 86.6 Å². The Kier molecular flexibility index (Phi) is 5.33. The van der Waals surface area contributed by atoms with Crippen LogP contribution in [-0.4, -0.2) is 23.9 Å². The van der Waals surface area contributed by atoms with Gasteiger partial charge in [-0.05, 0) is 29.8 Å². The topological polar surface area (TPSA) is 91.0 Å². The first kappa shape index (κ1) is 18.3. The van der Waals surface area contributed by atoms with E-state index in [1.54, 1.807) is 6.08 Å². The van der Waals surface area contributed by atoms with Gasteiger partial charge in [-0.15, -0.1) is 0 Å². The van der Waals surface area contributed by atoms with Gasteiger partial charge in [0.1, 0.15) is 0 Å². The molecule has 7 nitrogen and oxygen atoms in total. The van der Waals surface area contributed by atoms with Gasteiger partial charge in [-0.25, -0.2) is 9.79 Å². The summed E-state index contributed by atoms with van der Waals surface area (Å²) >= 11 is 6.16. The second kappa shape index (κ2) is 7.84. The number of carbonyl (C=O) groups excluding carboxylic acids is 1. The number of cyclic esters (lactones) is 1. The van der Waals surface area contributed by atoms with Crippen molar-refractivity contribution in [3.63, 3.8) is 0 Å². The van der Waals surface area contributed by atoms with E-state index in [-0.39, 0.29) is 28.6 Å². The van der Waals surface area contributed by atoms with Crippen LogP contribution in [-0.2, 0) is 9.53 Å². The van der Waals surface area contributed by atoms with Gasteiger partial charge in [0.2, 0.25) is 5.90 Å². The lowest BCUT2D eigenvalue weighted by Gasteiger charge is -2.03. The molecule has 0 radical (unpaired) electrons. The fraction of sp³-hybridized carbons (Fsp3) is 0.0526. The third-order valence-corrected chi connectivity index (χ3v) is 3.84. The predicted molar refractivity (Wildman–Crippen MR) is 101 cm³/mol. The first-order chi connectivity index (χ1) is 13.0. The molecule has 1 aliphatic rings. The number of esters is 1. The summed E-state index contributed by atoms with van der Waals surface area (Å²) in [5.41, 5.74) is 0.886. The van der Waals surface area contributed by atoms with Gasteiger partial charge in [0, 0.05) is 16.7 Å². The third kappa shape index (κ3) is 4.21. The van der Waals surface area contributed by atoms with Crippen molar-refractivity contribution in [2.45, 2.75) is 0 Å². The molecule has 1 aliphatic heterocycles. The Morgan fingerprint density at radius 3 is 2.67 bits per heavy atom. The zero-order valence-electron chi connectivity index (χ0n) is 14.1. The van der Waals surface area contributed by atoms with Crippen LogP contribution < -0.4 is 4.74 Å². The number of nitro benzene ring substituents is 1. The monoisotopic (exact) mass is 384 g/mol. The third-order valence-electron chi connectivity index (χ3n) is 3.62. The van der Waals surface area contributed by atoms with E-state index in [1.807, 2.05) is 30.3 Å². The molecule has 2 aromatic rings. The lowest BCUT2D eigenvalue weighted by atomic mass is 10.2. The minimum Gasteiger partial charge on any atom is -0.490 e. The summed E-state index contributed by atoms with van der Waals surface area (Å²) in [4.78, 5) is 26.7. The van der Waals surface area contributed by atoms with Crippen molar-refractivity contribution in [1.82, 2.24) is 0 Å². The fourth-order valence-electron chi connectivity index (χ4n) is 2.38. The maximum absolute atomic E-state index is 12.0. The Balaban J connectivity index is 1.91. The Labute approximate surface area is 159 Å². The lowest BCUT2D eigenvalue weighted by molar-refractivity contribution is -0.385. The van der Waals surface area contributed by atoms with E-state index in [0.29, 0.717) is 5.03 Å². The number of methoxy groups -OCH3 is 1. The molecule has 0 saturated carbocycles. The molecule has 0 saturated heterocycles. The highest BCUT2D eigenvalue weighted by atomic mass is 35.5. The largest absolute Gasteiger partial charge is 0.490 e. The lowest BCUT2D eigenvalue weighted by Crippen LogP contribution is -2.06. The molecule has 8 heteroatoms. The molecule has 1 heterocycles. The SMILES string of the molecule is COc1ccc(C2=N/C(=C\C(Cl)=C\c3ccccc3)C(=O)O2)cc1[N+](=O)[O-]. The fourth-order valence-corrected chi connectivity index (χ4v) is 2.61. The van der Waals surface area contributed by atoms with Crippen molar-refractivity contribution in [2.24, 2.45) is 4.99 Å². The molecular formula is C19H13ClN2O5. The van der Waals surface area contributed by atoms with Gasteiger partial charge in [0.15, 0.2) is 11.4 Å². The smallest absolute Gasteiger partial charge is 0.363 e. The maximum Gasteiger partial charge on any atom is 0.363 e. The Bertz CT molecular complexity index is 996. The van der Waals surface area contributed by atoms with Gasteiger partial charge >= 0.3 is 11.7 Å². The molecule has 0 fully saturated rings.